The Morgan fingerprint density at radius 1 is 0.918 bits per heavy atom. The van der Waals surface area contributed by atoms with Crippen LogP contribution < -0.4 is 26.0 Å². The number of aromatic nitrogens is 4. The van der Waals surface area contributed by atoms with E-state index in [2.05, 4.69) is 51.9 Å². The molecule has 17 nitrogen and oxygen atoms in total. The topological polar surface area (TPSA) is 194 Å². The van der Waals surface area contributed by atoms with Gasteiger partial charge in [-0.15, -0.1) is 0 Å². The Labute approximate surface area is 352 Å². The van der Waals surface area contributed by atoms with Crippen LogP contribution >= 0.6 is 0 Å². The highest BCUT2D eigenvalue weighted by Gasteiger charge is 2.45. The van der Waals surface area contributed by atoms with E-state index in [9.17, 15) is 24.0 Å². The van der Waals surface area contributed by atoms with Crippen LogP contribution in [0, 0.1) is 0 Å². The highest BCUT2D eigenvalue weighted by molar-refractivity contribution is 6.25. The minimum absolute atomic E-state index is 0.0631. The van der Waals surface area contributed by atoms with Gasteiger partial charge in [-0.3, -0.25) is 39.3 Å². The van der Waals surface area contributed by atoms with Gasteiger partial charge in [-0.25, -0.2) is 14.5 Å². The summed E-state index contributed by atoms with van der Waals surface area (Å²) in [5.41, 5.74) is 4.95. The van der Waals surface area contributed by atoms with Crippen LogP contribution in [0.25, 0.3) is 16.7 Å². The van der Waals surface area contributed by atoms with Crippen molar-refractivity contribution in [1.29, 1.82) is 0 Å². The number of anilines is 3. The summed E-state index contributed by atoms with van der Waals surface area (Å²) < 4.78 is 15.2. The average Bonchev–Trinajstić information content (AvgIpc) is 3.94. The number of carbonyl (C=O) groups is 5. The van der Waals surface area contributed by atoms with Gasteiger partial charge < -0.3 is 25.0 Å². The second-order valence-corrected chi connectivity index (χ2v) is 16.5. The molecule has 0 bridgehead atoms. The Kier molecular flexibility index (Phi) is 11.6. The lowest BCUT2D eigenvalue weighted by Crippen LogP contribution is -2.54. The largest absolute Gasteiger partial charge is 0.497 e. The fourth-order valence-electron chi connectivity index (χ4n) is 8.05. The molecule has 0 saturated carbocycles. The van der Waals surface area contributed by atoms with E-state index in [0.29, 0.717) is 37.0 Å². The van der Waals surface area contributed by atoms with Crippen molar-refractivity contribution in [3.05, 3.63) is 89.9 Å². The molecule has 2 aromatic heterocycles. The van der Waals surface area contributed by atoms with Gasteiger partial charge in [0, 0.05) is 67.2 Å². The molecule has 2 fully saturated rings. The monoisotopic (exact) mass is 830 g/mol. The van der Waals surface area contributed by atoms with Gasteiger partial charge in [0.1, 0.15) is 23.9 Å². The Morgan fingerprint density at radius 3 is 2.44 bits per heavy atom. The van der Waals surface area contributed by atoms with Crippen LogP contribution in [-0.2, 0) is 19.7 Å². The molecular weight excluding hydrogens is 781 g/mol. The van der Waals surface area contributed by atoms with Crippen LogP contribution in [0.4, 0.5) is 22.0 Å². The molecule has 3 aromatic carbocycles. The maximum atomic E-state index is 13.4. The number of hydrogen-bond acceptors (Lipinski definition) is 11. The van der Waals surface area contributed by atoms with Crippen LogP contribution in [-0.4, -0.2) is 111 Å². The summed E-state index contributed by atoms with van der Waals surface area (Å²) in [6.45, 7) is 10.0. The molecule has 5 aromatic rings. The van der Waals surface area contributed by atoms with Crippen LogP contribution in [0.3, 0.4) is 0 Å². The molecule has 1 unspecified atom stereocenters. The number of amides is 6. The molecule has 61 heavy (non-hydrogen) atoms. The van der Waals surface area contributed by atoms with Crippen LogP contribution in [0.15, 0.2) is 73.1 Å². The molecule has 17 heteroatoms. The molecule has 5 heterocycles. The van der Waals surface area contributed by atoms with Crippen molar-refractivity contribution in [1.82, 2.24) is 34.4 Å². The lowest BCUT2D eigenvalue weighted by Gasteiger charge is -2.32. The molecule has 0 aliphatic carbocycles. The number of imide groups is 2. The summed E-state index contributed by atoms with van der Waals surface area (Å²) in [5, 5.41) is 16.5. The van der Waals surface area contributed by atoms with E-state index >= 15 is 0 Å². The summed E-state index contributed by atoms with van der Waals surface area (Å²) in [4.78, 5) is 71.8. The summed E-state index contributed by atoms with van der Waals surface area (Å²) in [6, 6.07) is 19.0. The lowest BCUT2D eigenvalue weighted by atomic mass is 9.92. The number of carbonyl (C=O) groups excluding carboxylic acids is 5. The van der Waals surface area contributed by atoms with Crippen molar-refractivity contribution in [2.75, 3.05) is 62.5 Å². The first-order valence-corrected chi connectivity index (χ1v) is 20.6. The average molecular weight is 831 g/mol. The van der Waals surface area contributed by atoms with Crippen LogP contribution in [0.1, 0.15) is 78.9 Å². The number of piperidine rings is 2. The quantitative estimate of drug-likeness (QED) is 0.0885. The zero-order valence-corrected chi connectivity index (χ0v) is 34.7. The van der Waals surface area contributed by atoms with E-state index in [1.807, 2.05) is 57.8 Å². The van der Waals surface area contributed by atoms with Crippen molar-refractivity contribution in [2.24, 2.45) is 0 Å². The molecule has 318 valence electrons. The minimum Gasteiger partial charge on any atom is -0.497 e. The Hall–Kier alpha value is -6.59. The molecule has 4 N–H and O–H groups in total. The zero-order chi connectivity index (χ0) is 42.8. The molecule has 3 aliphatic rings. The van der Waals surface area contributed by atoms with Crippen molar-refractivity contribution in [2.45, 2.75) is 64.0 Å². The molecule has 8 rings (SSSR count). The number of nitrogens with zero attached hydrogens (tertiary/aromatic N) is 6. The van der Waals surface area contributed by atoms with Gasteiger partial charge in [0.15, 0.2) is 0 Å². The minimum atomic E-state index is -1.02. The van der Waals surface area contributed by atoms with Crippen molar-refractivity contribution < 1.29 is 33.4 Å². The first-order valence-electron chi connectivity index (χ1n) is 20.6. The number of ether oxygens (including phenoxy) is 2. The molecule has 2 saturated heterocycles. The number of nitrogens with one attached hydrogen (secondary N) is 4. The van der Waals surface area contributed by atoms with E-state index in [4.69, 9.17) is 14.6 Å². The molecule has 0 spiro atoms. The van der Waals surface area contributed by atoms with E-state index in [0.717, 1.165) is 65.5 Å². The number of likely N-dealkylation sites (tertiary alicyclic amines) is 1. The van der Waals surface area contributed by atoms with Crippen molar-refractivity contribution in [3.8, 4) is 11.4 Å². The van der Waals surface area contributed by atoms with Gasteiger partial charge in [0.25, 0.3) is 11.8 Å². The number of hydrogen-bond donors (Lipinski definition) is 4. The highest BCUT2D eigenvalue weighted by Crippen LogP contribution is 2.33. The zero-order valence-electron chi connectivity index (χ0n) is 34.7. The van der Waals surface area contributed by atoms with E-state index in [-0.39, 0.29) is 41.5 Å². The summed E-state index contributed by atoms with van der Waals surface area (Å²) in [6.07, 6.45) is 3.63. The van der Waals surface area contributed by atoms with Gasteiger partial charge in [0.05, 0.1) is 54.2 Å². The normalized spacial score (nSPS) is 17.4. The summed E-state index contributed by atoms with van der Waals surface area (Å²) in [7, 11) is 1.63. The lowest BCUT2D eigenvalue weighted by molar-refractivity contribution is -0.136. The van der Waals surface area contributed by atoms with Crippen molar-refractivity contribution in [3.63, 3.8) is 0 Å². The summed E-state index contributed by atoms with van der Waals surface area (Å²) >= 11 is 0. The number of rotatable bonds is 13. The van der Waals surface area contributed by atoms with E-state index in [1.165, 1.54) is 0 Å². The highest BCUT2D eigenvalue weighted by atomic mass is 16.5. The van der Waals surface area contributed by atoms with E-state index < -0.39 is 29.7 Å². The molecule has 0 radical (unpaired) electrons. The second-order valence-electron chi connectivity index (χ2n) is 16.5. The standard InChI is InChI=1S/C44H50N10O7/c1-44(2,3)36-25-37(48-43(59)47-27-8-10-28(11-9-27)52-26-46-33-24-30(60-4)12-13-34(33)52)54(50-36)29-16-19-51(20-17-29)21-23-61-22-18-45-32-7-5-6-31-39(32)42(58)53(41(31)57)35-14-15-38(55)49-40(35)56/h5-13,24-26,29,35,45H,14-23H2,1-4H3,(H2,47,48,59)(H,49,55,56). The number of benzene rings is 3. The molecule has 6 amide bonds. The van der Waals surface area contributed by atoms with Gasteiger partial charge >= 0.3 is 6.03 Å². The molecular formula is C44H50N10O7. The SMILES string of the molecule is COc1ccc2c(c1)ncn2-c1ccc(NC(=O)Nc2cc(C(C)(C)C)nn2C2CCN(CCOCCNc3cccc4c3C(=O)N(C3CCC(=O)NC3=O)C4=O)CC2)cc1. The van der Waals surface area contributed by atoms with Gasteiger partial charge in [-0.1, -0.05) is 26.8 Å². The maximum absolute atomic E-state index is 13.4. The fraction of sp³-hybridized carbons (Fsp3) is 0.386. The van der Waals surface area contributed by atoms with Gasteiger partial charge in [-0.2, -0.15) is 5.10 Å². The molecule has 1 atom stereocenters. The predicted molar refractivity (Wildman–Crippen MR) is 228 cm³/mol. The fourth-order valence-corrected chi connectivity index (χ4v) is 8.05. The number of methoxy groups -OCH3 is 1. The van der Waals surface area contributed by atoms with Crippen LogP contribution in [0.5, 0.6) is 5.75 Å². The number of fused-ring (bicyclic) bond motifs is 2. The first kappa shape index (κ1) is 41.2. The number of urea groups is 1. The smallest absolute Gasteiger partial charge is 0.324 e. The number of imidazole rings is 1. The Morgan fingerprint density at radius 2 is 1.70 bits per heavy atom. The summed E-state index contributed by atoms with van der Waals surface area (Å²) in [5.74, 6) is -0.760. The van der Waals surface area contributed by atoms with E-state index in [1.54, 1.807) is 31.6 Å². The predicted octanol–water partition coefficient (Wildman–Crippen LogP) is 5.34. The van der Waals surface area contributed by atoms with Crippen LogP contribution in [0.2, 0.25) is 0 Å². The first-order chi connectivity index (χ1) is 29.4. The third-order valence-electron chi connectivity index (χ3n) is 11.4. The van der Waals surface area contributed by atoms with Gasteiger partial charge in [0.2, 0.25) is 11.8 Å². The molecule has 3 aliphatic heterocycles. The third kappa shape index (κ3) is 8.70. The Bertz CT molecular complexity index is 2480. The third-order valence-corrected chi connectivity index (χ3v) is 11.4. The Balaban J connectivity index is 0.804. The van der Waals surface area contributed by atoms with Gasteiger partial charge in [-0.05, 0) is 67.8 Å². The second kappa shape index (κ2) is 17.2. The van der Waals surface area contributed by atoms with Crippen molar-refractivity contribution >= 4 is 57.9 Å². The maximum Gasteiger partial charge on any atom is 0.324 e.